The minimum atomic E-state index is -3.89. The van der Waals surface area contributed by atoms with Crippen molar-refractivity contribution in [1.82, 2.24) is 14.5 Å². The SMILES string of the molecule is O=C(O)c1ccc(S(=O)(=O)N2CCN3C(=O)NCC3C2)o1. The number of fused-ring (bicyclic) bond motifs is 1. The zero-order valence-electron chi connectivity index (χ0n) is 10.9. The van der Waals surface area contributed by atoms with Gasteiger partial charge in [-0.3, -0.25) is 0 Å². The van der Waals surface area contributed by atoms with Crippen LogP contribution in [-0.4, -0.2) is 67.0 Å². The molecular weight excluding hydrogens is 302 g/mol. The Labute approximate surface area is 120 Å². The minimum Gasteiger partial charge on any atom is -0.475 e. The Kier molecular flexibility index (Phi) is 3.14. The van der Waals surface area contributed by atoms with E-state index >= 15 is 0 Å². The Morgan fingerprint density at radius 2 is 2.14 bits per heavy atom. The average molecular weight is 315 g/mol. The highest BCUT2D eigenvalue weighted by Gasteiger charge is 2.40. The number of carboxylic acid groups (broad SMARTS) is 1. The molecule has 2 fully saturated rings. The lowest BCUT2D eigenvalue weighted by Gasteiger charge is -2.34. The molecule has 1 atom stereocenters. The normalized spacial score (nSPS) is 23.0. The van der Waals surface area contributed by atoms with Crippen LogP contribution in [0.4, 0.5) is 4.79 Å². The lowest BCUT2D eigenvalue weighted by atomic mass is 10.2. The molecule has 0 aromatic carbocycles. The number of sulfonamides is 1. The fourth-order valence-corrected chi connectivity index (χ4v) is 3.87. The molecule has 2 aliphatic heterocycles. The van der Waals surface area contributed by atoms with Gasteiger partial charge in [-0.2, -0.15) is 4.31 Å². The number of urea groups is 1. The van der Waals surface area contributed by atoms with E-state index in [1.54, 1.807) is 4.90 Å². The summed E-state index contributed by atoms with van der Waals surface area (Å²) in [5.41, 5.74) is 0. The number of hydrogen-bond acceptors (Lipinski definition) is 5. The van der Waals surface area contributed by atoms with Crippen LogP contribution < -0.4 is 5.32 Å². The van der Waals surface area contributed by atoms with Crippen LogP contribution >= 0.6 is 0 Å². The van der Waals surface area contributed by atoms with Gasteiger partial charge < -0.3 is 19.7 Å². The van der Waals surface area contributed by atoms with Gasteiger partial charge in [-0.05, 0) is 12.1 Å². The molecule has 10 heteroatoms. The van der Waals surface area contributed by atoms with Gasteiger partial charge in [-0.25, -0.2) is 18.0 Å². The second-order valence-corrected chi connectivity index (χ2v) is 6.69. The van der Waals surface area contributed by atoms with Gasteiger partial charge in [0.15, 0.2) is 0 Å². The van der Waals surface area contributed by atoms with E-state index in [1.807, 2.05) is 0 Å². The number of carboxylic acids is 1. The predicted octanol–water partition coefficient (Wildman–Crippen LogP) is -0.624. The topological polar surface area (TPSA) is 120 Å². The van der Waals surface area contributed by atoms with Crippen LogP contribution in [0.1, 0.15) is 10.6 Å². The maximum atomic E-state index is 12.4. The van der Waals surface area contributed by atoms with Gasteiger partial charge in [0, 0.05) is 26.2 Å². The van der Waals surface area contributed by atoms with Gasteiger partial charge in [0.05, 0.1) is 6.04 Å². The van der Waals surface area contributed by atoms with E-state index in [9.17, 15) is 18.0 Å². The second kappa shape index (κ2) is 4.74. The number of furan rings is 1. The standard InChI is InChI=1S/C11H13N3O6S/c15-10(16)8-1-2-9(20-8)21(18,19)13-3-4-14-7(6-13)5-12-11(14)17/h1-2,7H,3-6H2,(H,12,17)(H,15,16). The van der Waals surface area contributed by atoms with Crippen LogP contribution in [-0.2, 0) is 10.0 Å². The highest BCUT2D eigenvalue weighted by atomic mass is 32.2. The van der Waals surface area contributed by atoms with E-state index in [1.165, 1.54) is 4.31 Å². The van der Waals surface area contributed by atoms with Crippen LogP contribution in [0.25, 0.3) is 0 Å². The molecule has 0 bridgehead atoms. The molecule has 1 unspecified atom stereocenters. The Morgan fingerprint density at radius 1 is 1.38 bits per heavy atom. The smallest absolute Gasteiger partial charge is 0.371 e. The maximum Gasteiger partial charge on any atom is 0.371 e. The Balaban J connectivity index is 1.82. The van der Waals surface area contributed by atoms with Crippen molar-refractivity contribution >= 4 is 22.0 Å². The summed E-state index contributed by atoms with van der Waals surface area (Å²) in [6, 6.07) is 1.83. The third-order valence-corrected chi connectivity index (χ3v) is 5.32. The fraction of sp³-hybridized carbons (Fsp3) is 0.455. The zero-order chi connectivity index (χ0) is 15.2. The van der Waals surface area contributed by atoms with Crippen LogP contribution in [0, 0.1) is 0 Å². The number of rotatable bonds is 3. The van der Waals surface area contributed by atoms with Crippen molar-refractivity contribution in [1.29, 1.82) is 0 Å². The average Bonchev–Trinajstić information content (AvgIpc) is 3.06. The molecule has 0 saturated carbocycles. The summed E-state index contributed by atoms with van der Waals surface area (Å²) in [5.74, 6) is -1.75. The summed E-state index contributed by atoms with van der Waals surface area (Å²) < 4.78 is 30.9. The largest absolute Gasteiger partial charge is 0.475 e. The molecule has 114 valence electrons. The van der Waals surface area contributed by atoms with E-state index < -0.39 is 26.8 Å². The van der Waals surface area contributed by atoms with Crippen molar-refractivity contribution in [3.8, 4) is 0 Å². The fourth-order valence-electron chi connectivity index (χ4n) is 2.49. The predicted molar refractivity (Wildman–Crippen MR) is 68.3 cm³/mol. The Hall–Kier alpha value is -2.07. The monoisotopic (exact) mass is 315 g/mol. The molecular formula is C11H13N3O6S. The van der Waals surface area contributed by atoms with Gasteiger partial charge in [0.25, 0.3) is 10.0 Å². The minimum absolute atomic E-state index is 0.148. The van der Waals surface area contributed by atoms with Crippen molar-refractivity contribution in [2.45, 2.75) is 11.1 Å². The van der Waals surface area contributed by atoms with Crippen molar-refractivity contribution < 1.29 is 27.5 Å². The molecule has 3 heterocycles. The Bertz CT molecular complexity index is 697. The summed E-state index contributed by atoms with van der Waals surface area (Å²) in [4.78, 5) is 23.8. The molecule has 0 spiro atoms. The first-order valence-electron chi connectivity index (χ1n) is 6.27. The first-order valence-corrected chi connectivity index (χ1v) is 7.71. The molecule has 2 aliphatic rings. The van der Waals surface area contributed by atoms with Gasteiger partial charge in [0.1, 0.15) is 0 Å². The third kappa shape index (κ3) is 2.25. The van der Waals surface area contributed by atoms with E-state index in [0.717, 1.165) is 12.1 Å². The number of nitrogens with one attached hydrogen (secondary N) is 1. The molecule has 0 radical (unpaired) electrons. The second-order valence-electron chi connectivity index (χ2n) is 4.82. The number of carbonyl (C=O) groups is 2. The molecule has 1 aromatic rings. The maximum absolute atomic E-state index is 12.4. The lowest BCUT2D eigenvalue weighted by molar-refractivity contribution is 0.0655. The molecule has 21 heavy (non-hydrogen) atoms. The van der Waals surface area contributed by atoms with Gasteiger partial charge in [0.2, 0.25) is 10.9 Å². The van der Waals surface area contributed by atoms with Crippen molar-refractivity contribution in [2.24, 2.45) is 0 Å². The summed E-state index contributed by atoms with van der Waals surface area (Å²) in [6.45, 7) is 0.991. The van der Waals surface area contributed by atoms with Crippen LogP contribution in [0.5, 0.6) is 0 Å². The van der Waals surface area contributed by atoms with Gasteiger partial charge >= 0.3 is 12.0 Å². The quantitative estimate of drug-likeness (QED) is 0.766. The zero-order valence-corrected chi connectivity index (χ0v) is 11.7. The number of amides is 2. The number of hydrogen-bond donors (Lipinski definition) is 2. The summed E-state index contributed by atoms with van der Waals surface area (Å²) in [7, 11) is -3.89. The molecule has 2 N–H and O–H groups in total. The van der Waals surface area contributed by atoms with Gasteiger partial charge in [-0.15, -0.1) is 0 Å². The first kappa shape index (κ1) is 13.9. The van der Waals surface area contributed by atoms with E-state index in [2.05, 4.69) is 5.32 Å². The molecule has 0 aliphatic carbocycles. The summed E-state index contributed by atoms with van der Waals surface area (Å²) >= 11 is 0. The number of nitrogens with zero attached hydrogens (tertiary/aromatic N) is 2. The molecule has 1 aromatic heterocycles. The number of carbonyl (C=O) groups excluding carboxylic acids is 1. The van der Waals surface area contributed by atoms with Crippen molar-refractivity contribution in [3.05, 3.63) is 17.9 Å². The van der Waals surface area contributed by atoms with Gasteiger partial charge in [-0.1, -0.05) is 0 Å². The highest BCUT2D eigenvalue weighted by Crippen LogP contribution is 2.23. The van der Waals surface area contributed by atoms with Crippen LogP contribution in [0.15, 0.2) is 21.6 Å². The van der Waals surface area contributed by atoms with E-state index in [4.69, 9.17) is 9.52 Å². The molecule has 3 rings (SSSR count). The Morgan fingerprint density at radius 3 is 2.81 bits per heavy atom. The molecule has 2 amide bonds. The first-order chi connectivity index (χ1) is 9.89. The highest BCUT2D eigenvalue weighted by molar-refractivity contribution is 7.89. The molecule has 2 saturated heterocycles. The van der Waals surface area contributed by atoms with Crippen molar-refractivity contribution in [3.63, 3.8) is 0 Å². The van der Waals surface area contributed by atoms with E-state index in [0.29, 0.717) is 13.1 Å². The summed E-state index contributed by atoms with van der Waals surface area (Å²) in [6.07, 6.45) is 0. The van der Waals surface area contributed by atoms with Crippen LogP contribution in [0.2, 0.25) is 0 Å². The number of piperazine rings is 1. The third-order valence-electron chi connectivity index (χ3n) is 3.58. The summed E-state index contributed by atoms with van der Waals surface area (Å²) in [5, 5.41) is 11.0. The number of aromatic carboxylic acids is 1. The van der Waals surface area contributed by atoms with Crippen molar-refractivity contribution in [2.75, 3.05) is 26.2 Å². The van der Waals surface area contributed by atoms with E-state index in [-0.39, 0.29) is 25.2 Å². The van der Waals surface area contributed by atoms with Crippen LogP contribution in [0.3, 0.4) is 0 Å². The molecule has 9 nitrogen and oxygen atoms in total. The lowest BCUT2D eigenvalue weighted by Crippen LogP contribution is -2.53.